The lowest BCUT2D eigenvalue weighted by atomic mass is 10.0. The van der Waals surface area contributed by atoms with Crippen LogP contribution in [0.25, 0.3) is 5.57 Å². The third-order valence-corrected chi connectivity index (χ3v) is 3.42. The average molecular weight is 338 g/mol. The maximum Gasteiger partial charge on any atom is 0.276 e. The number of rotatable bonds is 8. The Bertz CT molecular complexity index is 789. The molecular weight excluding hydrogens is 316 g/mol. The Morgan fingerprint density at radius 3 is 2.40 bits per heavy atom. The third kappa shape index (κ3) is 4.55. The van der Waals surface area contributed by atoms with E-state index in [2.05, 4.69) is 19.7 Å². The molecule has 1 aromatic rings. The monoisotopic (exact) mass is 338 g/mol. The molecule has 0 atom stereocenters. The second-order valence-electron chi connectivity index (χ2n) is 4.93. The summed E-state index contributed by atoms with van der Waals surface area (Å²) in [5.41, 5.74) is 8.27. The second kappa shape index (κ2) is 9.05. The van der Waals surface area contributed by atoms with Gasteiger partial charge >= 0.3 is 0 Å². The average Bonchev–Trinajstić information content (AvgIpc) is 2.60. The van der Waals surface area contributed by atoms with Gasteiger partial charge in [0.2, 0.25) is 0 Å². The molecule has 0 aliphatic carbocycles. The van der Waals surface area contributed by atoms with Gasteiger partial charge in [0.05, 0.1) is 27.6 Å². The van der Waals surface area contributed by atoms with Gasteiger partial charge < -0.3 is 5.73 Å². The highest BCUT2D eigenvalue weighted by Crippen LogP contribution is 2.30. The summed E-state index contributed by atoms with van der Waals surface area (Å²) < 4.78 is 0. The van der Waals surface area contributed by atoms with Crippen LogP contribution in [0.5, 0.6) is 0 Å². The van der Waals surface area contributed by atoms with E-state index in [9.17, 15) is 10.1 Å². The minimum Gasteiger partial charge on any atom is -0.397 e. The van der Waals surface area contributed by atoms with Crippen LogP contribution in [0, 0.1) is 10.1 Å². The number of nitrogen functional groups attached to an aromatic ring is 1. The highest BCUT2D eigenvalue weighted by molar-refractivity contribution is 5.82. The predicted molar refractivity (Wildman–Crippen MR) is 105 cm³/mol. The van der Waals surface area contributed by atoms with Gasteiger partial charge in [0, 0.05) is 6.08 Å². The van der Waals surface area contributed by atoms with Crippen LogP contribution in [-0.2, 0) is 0 Å². The van der Waals surface area contributed by atoms with Crippen LogP contribution in [0.2, 0.25) is 0 Å². The Hall–Kier alpha value is -3.38. The molecule has 0 saturated heterocycles. The first-order valence-electron chi connectivity index (χ1n) is 7.44. The van der Waals surface area contributed by atoms with E-state index in [1.54, 1.807) is 30.4 Å². The van der Waals surface area contributed by atoms with Gasteiger partial charge in [0.25, 0.3) is 5.70 Å². The fourth-order valence-electron chi connectivity index (χ4n) is 2.15. The van der Waals surface area contributed by atoms with E-state index in [0.717, 1.165) is 0 Å². The SMILES string of the molecule is C=C/C(=C(\C=C)[N+](=O)[O-])c1ccc(N)c(N(N)/C(C=C)=C/C=C\C)c1. The zero-order valence-electron chi connectivity index (χ0n) is 14.2. The van der Waals surface area contributed by atoms with Crippen LogP contribution < -0.4 is 16.6 Å². The summed E-state index contributed by atoms with van der Waals surface area (Å²) in [6.07, 6.45) is 9.60. The van der Waals surface area contributed by atoms with Crippen molar-refractivity contribution in [2.24, 2.45) is 5.84 Å². The van der Waals surface area contributed by atoms with Crippen molar-refractivity contribution < 1.29 is 4.92 Å². The van der Waals surface area contributed by atoms with Crippen molar-refractivity contribution in [2.45, 2.75) is 6.92 Å². The van der Waals surface area contributed by atoms with Gasteiger partial charge in [-0.25, -0.2) is 5.84 Å². The molecule has 4 N–H and O–H groups in total. The molecule has 6 nitrogen and oxygen atoms in total. The minimum absolute atomic E-state index is 0.150. The van der Waals surface area contributed by atoms with E-state index in [4.69, 9.17) is 11.6 Å². The van der Waals surface area contributed by atoms with E-state index < -0.39 is 4.92 Å². The number of benzene rings is 1. The van der Waals surface area contributed by atoms with Gasteiger partial charge in [-0.3, -0.25) is 15.1 Å². The molecule has 0 aromatic heterocycles. The van der Waals surface area contributed by atoms with E-state index in [1.165, 1.54) is 17.2 Å². The Kier molecular flexibility index (Phi) is 7.12. The van der Waals surface area contributed by atoms with Crippen LogP contribution in [0.15, 0.2) is 85.8 Å². The van der Waals surface area contributed by atoms with E-state index in [-0.39, 0.29) is 5.70 Å². The zero-order valence-corrected chi connectivity index (χ0v) is 14.2. The summed E-state index contributed by atoms with van der Waals surface area (Å²) in [5, 5.41) is 12.6. The van der Waals surface area contributed by atoms with Crippen LogP contribution >= 0.6 is 0 Å². The molecule has 0 aliphatic rings. The summed E-state index contributed by atoms with van der Waals surface area (Å²) in [6.45, 7) is 12.8. The normalized spacial score (nSPS) is 12.5. The number of anilines is 2. The highest BCUT2D eigenvalue weighted by Gasteiger charge is 2.17. The Balaban J connectivity index is 3.55. The second-order valence-corrected chi connectivity index (χ2v) is 4.93. The van der Waals surface area contributed by atoms with Gasteiger partial charge in [-0.2, -0.15) is 0 Å². The summed E-state index contributed by atoms with van der Waals surface area (Å²) in [5.74, 6) is 6.15. The summed E-state index contributed by atoms with van der Waals surface area (Å²) >= 11 is 0. The molecule has 0 amide bonds. The number of nitrogens with zero attached hydrogens (tertiary/aromatic N) is 2. The topological polar surface area (TPSA) is 98.4 Å². The maximum absolute atomic E-state index is 11.2. The van der Waals surface area contributed by atoms with Gasteiger partial charge in [0.1, 0.15) is 0 Å². The Morgan fingerprint density at radius 2 is 1.92 bits per heavy atom. The standard InChI is InChI=1S/C19H22N4O2/c1-5-9-10-15(6-2)22(21)19-13-14(11-12-17(19)20)16(7-3)18(8-4)23(24)25/h5-13H,2-4,20-21H2,1H3/b9-5-,15-10+,18-16-. The van der Waals surface area contributed by atoms with Crippen LogP contribution in [0.3, 0.4) is 0 Å². The predicted octanol–water partition coefficient (Wildman–Crippen LogP) is 3.95. The number of allylic oxidation sites excluding steroid dienone is 7. The molecule has 1 rings (SSSR count). The lowest BCUT2D eigenvalue weighted by Crippen LogP contribution is -2.30. The molecule has 0 spiro atoms. The first kappa shape index (κ1) is 19.7. The fourth-order valence-corrected chi connectivity index (χ4v) is 2.15. The van der Waals surface area contributed by atoms with Gasteiger partial charge in [-0.1, -0.05) is 44.0 Å². The van der Waals surface area contributed by atoms with Gasteiger partial charge in [-0.15, -0.1) is 0 Å². The molecule has 0 aliphatic heterocycles. The summed E-state index contributed by atoms with van der Waals surface area (Å²) in [7, 11) is 0. The highest BCUT2D eigenvalue weighted by atomic mass is 16.6. The fraction of sp³-hybridized carbons (Fsp3) is 0.0526. The largest absolute Gasteiger partial charge is 0.397 e. The van der Waals surface area contributed by atoms with Crippen LogP contribution in [-0.4, -0.2) is 4.92 Å². The number of hydrogen-bond donors (Lipinski definition) is 2. The molecule has 0 unspecified atom stereocenters. The van der Waals surface area contributed by atoms with Crippen LogP contribution in [0.1, 0.15) is 12.5 Å². The molecule has 1 aromatic carbocycles. The molecule has 6 heteroatoms. The van der Waals surface area contributed by atoms with Crippen molar-refractivity contribution in [1.29, 1.82) is 0 Å². The number of nitro groups is 1. The van der Waals surface area contributed by atoms with Crippen molar-refractivity contribution >= 4 is 16.9 Å². The lowest BCUT2D eigenvalue weighted by molar-refractivity contribution is -0.417. The molecule has 130 valence electrons. The molecular formula is C19H22N4O2. The molecule has 25 heavy (non-hydrogen) atoms. The smallest absolute Gasteiger partial charge is 0.276 e. The molecule has 0 bridgehead atoms. The number of hydrazine groups is 1. The molecule has 0 heterocycles. The number of nitrogens with two attached hydrogens (primary N) is 2. The van der Waals surface area contributed by atoms with Crippen molar-refractivity contribution in [1.82, 2.24) is 0 Å². The lowest BCUT2D eigenvalue weighted by Gasteiger charge is -2.22. The quantitative estimate of drug-likeness (QED) is 0.246. The van der Waals surface area contributed by atoms with E-state index in [1.807, 2.05) is 19.1 Å². The maximum atomic E-state index is 11.2. The van der Waals surface area contributed by atoms with Gasteiger partial charge in [0.15, 0.2) is 0 Å². The minimum atomic E-state index is -0.513. The first-order chi connectivity index (χ1) is 11.9. The summed E-state index contributed by atoms with van der Waals surface area (Å²) in [4.78, 5) is 10.7. The van der Waals surface area contributed by atoms with Crippen LogP contribution in [0.4, 0.5) is 11.4 Å². The first-order valence-corrected chi connectivity index (χ1v) is 7.44. The van der Waals surface area contributed by atoms with Crippen molar-refractivity contribution in [3.63, 3.8) is 0 Å². The van der Waals surface area contributed by atoms with Crippen molar-refractivity contribution in [2.75, 3.05) is 10.7 Å². The number of hydrogen-bond acceptors (Lipinski definition) is 5. The Labute approximate surface area is 147 Å². The molecule has 0 saturated carbocycles. The third-order valence-electron chi connectivity index (χ3n) is 3.42. The molecule has 0 fully saturated rings. The van der Waals surface area contributed by atoms with Gasteiger partial charge in [-0.05, 0) is 36.8 Å². The summed E-state index contributed by atoms with van der Waals surface area (Å²) in [6, 6.07) is 4.96. The van der Waals surface area contributed by atoms with Crippen molar-refractivity contribution in [3.8, 4) is 0 Å². The molecule has 0 radical (unpaired) electrons. The van der Waals surface area contributed by atoms with Crippen molar-refractivity contribution in [3.05, 3.63) is 101 Å². The van der Waals surface area contributed by atoms with E-state index >= 15 is 0 Å². The van der Waals surface area contributed by atoms with E-state index in [0.29, 0.717) is 28.2 Å². The Morgan fingerprint density at radius 1 is 1.24 bits per heavy atom. The zero-order chi connectivity index (χ0) is 19.0.